The molecule has 0 aliphatic heterocycles. The summed E-state index contributed by atoms with van der Waals surface area (Å²) in [5, 5.41) is 13.5. The minimum absolute atomic E-state index is 0.0653. The molecule has 122 valence electrons. The second-order valence-corrected chi connectivity index (χ2v) is 5.58. The molecular weight excluding hydrogens is 317 g/mol. The molecular formula is C20H14FN3O. The van der Waals surface area contributed by atoms with Crippen molar-refractivity contribution in [3.05, 3.63) is 78.9 Å². The summed E-state index contributed by atoms with van der Waals surface area (Å²) in [4.78, 5) is 8.42. The van der Waals surface area contributed by atoms with E-state index in [9.17, 15) is 5.11 Å². The van der Waals surface area contributed by atoms with Crippen molar-refractivity contribution >= 4 is 22.3 Å². The van der Waals surface area contributed by atoms with E-state index >= 15 is 4.39 Å². The molecule has 0 unspecified atom stereocenters. The normalized spacial score (nSPS) is 10.8. The van der Waals surface area contributed by atoms with Crippen LogP contribution >= 0.6 is 0 Å². The second kappa shape index (κ2) is 6.20. The number of pyridine rings is 2. The summed E-state index contributed by atoms with van der Waals surface area (Å²) in [5.74, 6) is -0.406. The third-order valence-electron chi connectivity index (χ3n) is 3.90. The predicted molar refractivity (Wildman–Crippen MR) is 96.3 cm³/mol. The maximum atomic E-state index is 15.3. The molecule has 25 heavy (non-hydrogen) atoms. The number of hydrogen-bond acceptors (Lipinski definition) is 4. The van der Waals surface area contributed by atoms with Crippen LogP contribution in [0.4, 0.5) is 15.8 Å². The quantitative estimate of drug-likeness (QED) is 0.561. The van der Waals surface area contributed by atoms with Gasteiger partial charge in [0.1, 0.15) is 11.4 Å². The number of aromatic nitrogens is 2. The largest absolute Gasteiger partial charge is 0.508 e. The lowest BCUT2D eigenvalue weighted by Crippen LogP contribution is -2.00. The fourth-order valence-electron chi connectivity index (χ4n) is 2.73. The molecule has 4 aromatic rings. The molecule has 2 aromatic carbocycles. The van der Waals surface area contributed by atoms with Gasteiger partial charge in [-0.05, 0) is 30.3 Å². The van der Waals surface area contributed by atoms with Gasteiger partial charge in [0, 0.05) is 29.0 Å². The van der Waals surface area contributed by atoms with Crippen LogP contribution in [-0.4, -0.2) is 15.1 Å². The van der Waals surface area contributed by atoms with Gasteiger partial charge in [-0.1, -0.05) is 30.3 Å². The highest BCUT2D eigenvalue weighted by Gasteiger charge is 2.17. The first kappa shape index (κ1) is 15.1. The first-order valence-electron chi connectivity index (χ1n) is 7.77. The average molecular weight is 331 g/mol. The number of halogens is 1. The van der Waals surface area contributed by atoms with Crippen LogP contribution in [0, 0.1) is 5.82 Å². The smallest absolute Gasteiger partial charge is 0.173 e. The molecule has 4 rings (SSSR count). The number of hydrogen-bond donors (Lipinski definition) is 2. The Morgan fingerprint density at radius 1 is 0.920 bits per heavy atom. The highest BCUT2D eigenvalue weighted by molar-refractivity contribution is 5.95. The summed E-state index contributed by atoms with van der Waals surface area (Å²) < 4.78 is 15.3. The third kappa shape index (κ3) is 2.87. The van der Waals surface area contributed by atoms with Crippen LogP contribution in [0.1, 0.15) is 0 Å². The zero-order chi connectivity index (χ0) is 17.2. The Balaban J connectivity index is 1.95. The lowest BCUT2D eigenvalue weighted by molar-refractivity contribution is 0.475. The van der Waals surface area contributed by atoms with Crippen molar-refractivity contribution in [2.75, 3.05) is 5.32 Å². The van der Waals surface area contributed by atoms with Gasteiger partial charge in [0.25, 0.3) is 0 Å². The van der Waals surface area contributed by atoms with E-state index < -0.39 is 5.82 Å². The van der Waals surface area contributed by atoms with E-state index in [1.54, 1.807) is 42.7 Å². The molecule has 0 bridgehead atoms. The zero-order valence-corrected chi connectivity index (χ0v) is 13.1. The SMILES string of the molecule is Oc1cccc(-c2nc3ccccc3c(Nc3ccncc3)c2F)c1. The van der Waals surface area contributed by atoms with E-state index in [0.717, 1.165) is 5.69 Å². The van der Waals surface area contributed by atoms with E-state index in [0.29, 0.717) is 22.2 Å². The summed E-state index contributed by atoms with van der Waals surface area (Å²) in [6.07, 6.45) is 3.28. The monoisotopic (exact) mass is 331 g/mol. The van der Waals surface area contributed by atoms with Crippen LogP contribution in [0.15, 0.2) is 73.1 Å². The number of phenolic OH excluding ortho intramolecular Hbond substituents is 1. The van der Waals surface area contributed by atoms with Gasteiger partial charge in [-0.25, -0.2) is 9.37 Å². The Morgan fingerprint density at radius 2 is 1.72 bits per heavy atom. The van der Waals surface area contributed by atoms with Gasteiger partial charge in [-0.2, -0.15) is 0 Å². The highest BCUT2D eigenvalue weighted by Crippen LogP contribution is 2.35. The van der Waals surface area contributed by atoms with Crippen LogP contribution in [-0.2, 0) is 0 Å². The molecule has 0 saturated heterocycles. The molecule has 2 aromatic heterocycles. The van der Waals surface area contributed by atoms with Crippen molar-refractivity contribution < 1.29 is 9.50 Å². The van der Waals surface area contributed by atoms with Gasteiger partial charge in [0.2, 0.25) is 0 Å². The van der Waals surface area contributed by atoms with Crippen molar-refractivity contribution in [2.45, 2.75) is 0 Å². The summed E-state index contributed by atoms with van der Waals surface area (Å²) in [7, 11) is 0. The average Bonchev–Trinajstić information content (AvgIpc) is 2.65. The third-order valence-corrected chi connectivity index (χ3v) is 3.90. The Morgan fingerprint density at radius 3 is 2.52 bits per heavy atom. The number of anilines is 2. The van der Waals surface area contributed by atoms with Crippen LogP contribution in [0.3, 0.4) is 0 Å². The molecule has 0 aliphatic carbocycles. The van der Waals surface area contributed by atoms with E-state index in [1.165, 1.54) is 6.07 Å². The maximum Gasteiger partial charge on any atom is 0.173 e. The number of aromatic hydroxyl groups is 1. The number of para-hydroxylation sites is 1. The van der Waals surface area contributed by atoms with Crippen molar-refractivity contribution in [3.8, 4) is 17.0 Å². The molecule has 0 atom stereocenters. The molecule has 0 saturated carbocycles. The summed E-state index contributed by atoms with van der Waals surface area (Å²) in [6.45, 7) is 0. The van der Waals surface area contributed by atoms with E-state index in [2.05, 4.69) is 15.3 Å². The summed E-state index contributed by atoms with van der Waals surface area (Å²) in [5.41, 5.74) is 2.44. The number of phenols is 1. The first-order chi connectivity index (χ1) is 12.2. The topological polar surface area (TPSA) is 58.0 Å². The van der Waals surface area contributed by atoms with Crippen LogP contribution in [0.25, 0.3) is 22.2 Å². The zero-order valence-electron chi connectivity index (χ0n) is 13.1. The second-order valence-electron chi connectivity index (χ2n) is 5.58. The standard InChI is InChI=1S/C20H14FN3O/c21-18-19(13-4-3-5-15(25)12-13)24-17-7-2-1-6-16(17)20(18)23-14-8-10-22-11-9-14/h1-12,25H,(H,22,23,24). The van der Waals surface area contributed by atoms with E-state index in [1.807, 2.05) is 24.3 Å². The lowest BCUT2D eigenvalue weighted by Gasteiger charge is -2.14. The number of nitrogens with one attached hydrogen (secondary N) is 1. The van der Waals surface area contributed by atoms with Gasteiger partial charge in [0.05, 0.1) is 11.2 Å². The van der Waals surface area contributed by atoms with Gasteiger partial charge in [0.15, 0.2) is 5.82 Å². The molecule has 0 spiro atoms. The van der Waals surface area contributed by atoms with Crippen molar-refractivity contribution in [1.82, 2.24) is 9.97 Å². The maximum absolute atomic E-state index is 15.3. The van der Waals surface area contributed by atoms with Crippen LogP contribution in [0.5, 0.6) is 5.75 Å². The van der Waals surface area contributed by atoms with Crippen molar-refractivity contribution in [2.24, 2.45) is 0 Å². The molecule has 2 N–H and O–H groups in total. The van der Waals surface area contributed by atoms with Gasteiger partial charge in [-0.3, -0.25) is 4.98 Å². The van der Waals surface area contributed by atoms with Gasteiger partial charge < -0.3 is 10.4 Å². The Kier molecular flexibility index (Phi) is 3.74. The fourth-order valence-corrected chi connectivity index (χ4v) is 2.73. The van der Waals surface area contributed by atoms with E-state index in [4.69, 9.17) is 0 Å². The first-order valence-corrected chi connectivity index (χ1v) is 7.77. The molecule has 4 nitrogen and oxygen atoms in total. The number of benzene rings is 2. The molecule has 0 amide bonds. The molecule has 0 radical (unpaired) electrons. The minimum Gasteiger partial charge on any atom is -0.508 e. The molecule has 2 heterocycles. The summed E-state index contributed by atoms with van der Waals surface area (Å²) in [6, 6.07) is 17.3. The number of rotatable bonds is 3. The Hall–Kier alpha value is -3.47. The summed E-state index contributed by atoms with van der Waals surface area (Å²) >= 11 is 0. The predicted octanol–water partition coefficient (Wildman–Crippen LogP) is 4.89. The molecule has 5 heteroatoms. The molecule has 0 fully saturated rings. The van der Waals surface area contributed by atoms with Crippen LogP contribution < -0.4 is 5.32 Å². The number of nitrogens with zero attached hydrogens (tertiary/aromatic N) is 2. The number of fused-ring (bicyclic) bond motifs is 1. The van der Waals surface area contributed by atoms with Crippen molar-refractivity contribution in [3.63, 3.8) is 0 Å². The van der Waals surface area contributed by atoms with Crippen molar-refractivity contribution in [1.29, 1.82) is 0 Å². The van der Waals surface area contributed by atoms with Gasteiger partial charge in [-0.15, -0.1) is 0 Å². The Labute approximate surface area is 143 Å². The van der Waals surface area contributed by atoms with Gasteiger partial charge >= 0.3 is 0 Å². The fraction of sp³-hybridized carbons (Fsp3) is 0. The minimum atomic E-state index is -0.471. The van der Waals surface area contributed by atoms with E-state index in [-0.39, 0.29) is 11.4 Å². The highest BCUT2D eigenvalue weighted by atomic mass is 19.1. The van der Waals surface area contributed by atoms with Crippen LogP contribution in [0.2, 0.25) is 0 Å². The lowest BCUT2D eigenvalue weighted by atomic mass is 10.1. The molecule has 0 aliphatic rings. The Bertz CT molecular complexity index is 1050.